The van der Waals surface area contributed by atoms with E-state index in [1.807, 2.05) is 0 Å². The van der Waals surface area contributed by atoms with Gasteiger partial charge in [-0.05, 0) is 29.3 Å². The number of benzene rings is 2. The third-order valence-corrected chi connectivity index (χ3v) is 5.24. The summed E-state index contributed by atoms with van der Waals surface area (Å²) < 4.78 is 28.6. The van der Waals surface area contributed by atoms with Crippen LogP contribution in [0.1, 0.15) is 16.7 Å². The van der Waals surface area contributed by atoms with Gasteiger partial charge in [0, 0.05) is 24.2 Å². The minimum Gasteiger partial charge on any atom is -0.463 e. The average molecular weight is 416 g/mol. The van der Waals surface area contributed by atoms with E-state index in [1.165, 1.54) is 18.8 Å². The molecule has 30 heavy (non-hydrogen) atoms. The molecule has 0 aliphatic heterocycles. The zero-order chi connectivity index (χ0) is 21.1. The van der Waals surface area contributed by atoms with Crippen LogP contribution in [0.5, 0.6) is 0 Å². The molecule has 0 N–H and O–H groups in total. The van der Waals surface area contributed by atoms with Gasteiger partial charge in [0.25, 0.3) is 0 Å². The molecular formula is C23H16N2O4S. The summed E-state index contributed by atoms with van der Waals surface area (Å²) in [5.74, 6) is 5.92. The zero-order valence-corrected chi connectivity index (χ0v) is 16.8. The Morgan fingerprint density at radius 2 is 1.67 bits per heavy atom. The smallest absolute Gasteiger partial charge is 0.200 e. The van der Waals surface area contributed by atoms with Gasteiger partial charge >= 0.3 is 0 Å². The lowest BCUT2D eigenvalue weighted by Gasteiger charge is -2.05. The van der Waals surface area contributed by atoms with Crippen LogP contribution in [-0.2, 0) is 15.6 Å². The van der Waals surface area contributed by atoms with Crippen molar-refractivity contribution in [1.82, 2.24) is 9.97 Å². The highest BCUT2D eigenvalue weighted by atomic mass is 32.2. The fraction of sp³-hybridized carbons (Fsp3) is 0.0870. The van der Waals surface area contributed by atoms with Crippen LogP contribution >= 0.6 is 0 Å². The van der Waals surface area contributed by atoms with Gasteiger partial charge in [0.05, 0.1) is 22.3 Å². The molecule has 0 aliphatic carbocycles. The zero-order valence-electron chi connectivity index (χ0n) is 16.0. The summed E-state index contributed by atoms with van der Waals surface area (Å²) in [5, 5.41) is 0.446. The molecule has 0 saturated carbocycles. The number of nitrogens with zero attached hydrogens (tertiary/aromatic N) is 2. The van der Waals surface area contributed by atoms with E-state index in [0.29, 0.717) is 38.8 Å². The minimum absolute atomic E-state index is 0.0431. The van der Waals surface area contributed by atoms with E-state index in [2.05, 4.69) is 21.8 Å². The first kappa shape index (κ1) is 19.6. The van der Waals surface area contributed by atoms with Crippen LogP contribution in [0.3, 0.4) is 0 Å². The molecule has 0 amide bonds. The standard InChI is InChI=1S/C23H16N2O4S/c1-30(27,28)14-17-4-7-19(8-5-17)21-13-29-22-10-16(6-9-20(22)23(21)26)2-3-18-11-24-15-25-12-18/h4-13,15H,14H2,1H3. The summed E-state index contributed by atoms with van der Waals surface area (Å²) in [6.45, 7) is 0. The molecule has 2 heterocycles. The van der Waals surface area contributed by atoms with Gasteiger partial charge in [0.15, 0.2) is 15.3 Å². The van der Waals surface area contributed by atoms with Gasteiger partial charge in [-0.1, -0.05) is 36.1 Å². The first-order valence-corrected chi connectivity index (χ1v) is 11.0. The topological polar surface area (TPSA) is 90.1 Å². The fourth-order valence-corrected chi connectivity index (χ4v) is 3.79. The molecule has 0 bridgehead atoms. The second kappa shape index (κ2) is 7.93. The Bertz CT molecular complexity index is 1450. The maximum absolute atomic E-state index is 12.9. The summed E-state index contributed by atoms with van der Waals surface area (Å²) >= 11 is 0. The van der Waals surface area contributed by atoms with Gasteiger partial charge in [-0.3, -0.25) is 4.79 Å². The Morgan fingerprint density at radius 1 is 0.967 bits per heavy atom. The van der Waals surface area contributed by atoms with E-state index in [9.17, 15) is 13.2 Å². The second-order valence-electron chi connectivity index (χ2n) is 6.83. The molecule has 7 heteroatoms. The van der Waals surface area contributed by atoms with Crippen molar-refractivity contribution in [3.05, 3.63) is 94.4 Å². The van der Waals surface area contributed by atoms with Crippen molar-refractivity contribution in [3.63, 3.8) is 0 Å². The molecule has 0 saturated heterocycles. The van der Waals surface area contributed by atoms with Crippen molar-refractivity contribution in [2.24, 2.45) is 0 Å². The molecular weight excluding hydrogens is 400 g/mol. The van der Waals surface area contributed by atoms with E-state index in [1.54, 1.807) is 54.9 Å². The summed E-state index contributed by atoms with van der Waals surface area (Å²) in [6, 6.07) is 12.0. The largest absolute Gasteiger partial charge is 0.463 e. The van der Waals surface area contributed by atoms with Gasteiger partial charge in [-0.2, -0.15) is 0 Å². The molecule has 0 radical (unpaired) electrons. The highest BCUT2D eigenvalue weighted by Crippen LogP contribution is 2.21. The summed E-state index contributed by atoms with van der Waals surface area (Å²) in [4.78, 5) is 20.8. The Labute approximate surface area is 173 Å². The van der Waals surface area contributed by atoms with Crippen molar-refractivity contribution in [1.29, 1.82) is 0 Å². The van der Waals surface area contributed by atoms with Crippen LogP contribution in [0.2, 0.25) is 0 Å². The van der Waals surface area contributed by atoms with Crippen LogP contribution in [0.25, 0.3) is 22.1 Å². The fourth-order valence-electron chi connectivity index (χ4n) is 3.00. The van der Waals surface area contributed by atoms with Crippen LogP contribution in [0.15, 0.2) is 76.7 Å². The number of aromatic nitrogens is 2. The lowest BCUT2D eigenvalue weighted by atomic mass is 10.0. The molecule has 4 rings (SSSR count). The van der Waals surface area contributed by atoms with E-state index in [-0.39, 0.29) is 11.2 Å². The van der Waals surface area contributed by atoms with Crippen LogP contribution in [0, 0.1) is 11.8 Å². The van der Waals surface area contributed by atoms with E-state index in [4.69, 9.17) is 4.42 Å². The maximum Gasteiger partial charge on any atom is 0.200 e. The van der Waals surface area contributed by atoms with E-state index >= 15 is 0 Å². The van der Waals surface area contributed by atoms with Crippen molar-refractivity contribution >= 4 is 20.8 Å². The van der Waals surface area contributed by atoms with Crippen LogP contribution < -0.4 is 5.43 Å². The highest BCUT2D eigenvalue weighted by molar-refractivity contribution is 7.89. The Hall–Kier alpha value is -3.76. The van der Waals surface area contributed by atoms with Gasteiger partial charge in [-0.25, -0.2) is 18.4 Å². The van der Waals surface area contributed by atoms with E-state index in [0.717, 1.165) is 0 Å². The maximum atomic E-state index is 12.9. The number of rotatable bonds is 3. The van der Waals surface area contributed by atoms with Gasteiger partial charge in [-0.15, -0.1) is 0 Å². The monoisotopic (exact) mass is 416 g/mol. The van der Waals surface area contributed by atoms with Gasteiger partial charge in [0.2, 0.25) is 0 Å². The molecule has 0 spiro atoms. The Balaban J connectivity index is 1.66. The second-order valence-corrected chi connectivity index (χ2v) is 8.97. The number of hydrogen-bond donors (Lipinski definition) is 0. The molecule has 0 atom stereocenters. The summed E-state index contributed by atoms with van der Waals surface area (Å²) in [7, 11) is -3.12. The molecule has 4 aromatic rings. The summed E-state index contributed by atoms with van der Waals surface area (Å²) in [5.41, 5.74) is 3.40. The minimum atomic E-state index is -3.12. The normalized spacial score (nSPS) is 11.1. The molecule has 2 aromatic carbocycles. The quantitative estimate of drug-likeness (QED) is 0.477. The molecule has 148 valence electrons. The van der Waals surface area contributed by atoms with Gasteiger partial charge in [0.1, 0.15) is 18.2 Å². The summed E-state index contributed by atoms with van der Waals surface area (Å²) in [6.07, 6.45) is 7.28. The Kier molecular flexibility index (Phi) is 5.17. The van der Waals surface area contributed by atoms with Crippen LogP contribution in [-0.4, -0.2) is 24.6 Å². The van der Waals surface area contributed by atoms with Crippen molar-refractivity contribution in [3.8, 4) is 23.0 Å². The number of fused-ring (bicyclic) bond motifs is 1. The molecule has 0 unspecified atom stereocenters. The first-order valence-electron chi connectivity index (χ1n) is 8.99. The molecule has 2 aromatic heterocycles. The third-order valence-electron chi connectivity index (χ3n) is 4.38. The highest BCUT2D eigenvalue weighted by Gasteiger charge is 2.11. The SMILES string of the molecule is CS(=O)(=O)Cc1ccc(-c2coc3cc(C#Cc4cncnc4)ccc3c2=O)cc1. The number of hydrogen-bond acceptors (Lipinski definition) is 6. The molecule has 0 fully saturated rings. The van der Waals surface area contributed by atoms with Crippen LogP contribution in [0.4, 0.5) is 0 Å². The third kappa shape index (κ3) is 4.45. The lowest BCUT2D eigenvalue weighted by Crippen LogP contribution is -2.05. The average Bonchev–Trinajstić information content (AvgIpc) is 2.73. The predicted molar refractivity (Wildman–Crippen MR) is 114 cm³/mol. The van der Waals surface area contributed by atoms with Gasteiger partial charge < -0.3 is 4.42 Å². The van der Waals surface area contributed by atoms with Crippen molar-refractivity contribution in [2.45, 2.75) is 5.75 Å². The Morgan fingerprint density at radius 3 is 2.37 bits per heavy atom. The predicted octanol–water partition coefficient (Wildman–Crippen LogP) is 3.19. The molecule has 6 nitrogen and oxygen atoms in total. The first-order chi connectivity index (χ1) is 14.4. The lowest BCUT2D eigenvalue weighted by molar-refractivity contribution is 0.601. The molecule has 0 aliphatic rings. The van der Waals surface area contributed by atoms with Crippen molar-refractivity contribution in [2.75, 3.05) is 6.26 Å². The van der Waals surface area contributed by atoms with Crippen molar-refractivity contribution < 1.29 is 12.8 Å². The van der Waals surface area contributed by atoms with E-state index < -0.39 is 9.84 Å². The number of sulfone groups is 1.